The van der Waals surface area contributed by atoms with Crippen LogP contribution in [0.2, 0.25) is 0 Å². The molecule has 0 aromatic heterocycles. The first kappa shape index (κ1) is 10.4. The van der Waals surface area contributed by atoms with Crippen molar-refractivity contribution in [2.75, 3.05) is 13.2 Å². The van der Waals surface area contributed by atoms with Crippen LogP contribution in [0.1, 0.15) is 25.3 Å². The van der Waals surface area contributed by atoms with E-state index in [1.54, 1.807) is 6.07 Å². The highest BCUT2D eigenvalue weighted by molar-refractivity contribution is 5.30. The van der Waals surface area contributed by atoms with Crippen molar-refractivity contribution in [1.29, 1.82) is 0 Å². The molecule has 0 saturated carbocycles. The van der Waals surface area contributed by atoms with E-state index in [1.165, 1.54) is 6.07 Å². The molecule has 1 aliphatic rings. The molecule has 2 rings (SSSR count). The van der Waals surface area contributed by atoms with Crippen molar-refractivity contribution in [3.8, 4) is 5.75 Å². The van der Waals surface area contributed by atoms with Crippen LogP contribution < -0.4 is 4.74 Å². The van der Waals surface area contributed by atoms with Gasteiger partial charge in [0.25, 0.3) is 0 Å². The first-order chi connectivity index (χ1) is 7.16. The molecule has 1 aromatic carbocycles. The SMILES string of the molecule is CC(C)c1ccc(OC2COC2)cc1F. The van der Waals surface area contributed by atoms with Crippen LogP contribution in [0.5, 0.6) is 5.75 Å². The van der Waals surface area contributed by atoms with Gasteiger partial charge in [0, 0.05) is 6.07 Å². The molecule has 0 unspecified atom stereocenters. The maximum atomic E-state index is 13.6. The molecule has 0 aliphatic carbocycles. The number of hydrogen-bond donors (Lipinski definition) is 0. The molecule has 1 aliphatic heterocycles. The van der Waals surface area contributed by atoms with Gasteiger partial charge in [0.15, 0.2) is 0 Å². The van der Waals surface area contributed by atoms with E-state index < -0.39 is 0 Å². The maximum Gasteiger partial charge on any atom is 0.145 e. The minimum absolute atomic E-state index is 0.0919. The van der Waals surface area contributed by atoms with E-state index in [1.807, 2.05) is 19.9 Å². The average Bonchev–Trinajstić information content (AvgIpc) is 2.11. The Labute approximate surface area is 89.0 Å². The van der Waals surface area contributed by atoms with Crippen LogP contribution in [-0.2, 0) is 4.74 Å². The van der Waals surface area contributed by atoms with Crippen molar-refractivity contribution in [2.24, 2.45) is 0 Å². The number of hydrogen-bond acceptors (Lipinski definition) is 2. The van der Waals surface area contributed by atoms with Gasteiger partial charge in [-0.05, 0) is 17.5 Å². The molecule has 3 heteroatoms. The van der Waals surface area contributed by atoms with Gasteiger partial charge in [0.1, 0.15) is 17.7 Å². The molecule has 15 heavy (non-hydrogen) atoms. The lowest BCUT2D eigenvalue weighted by Gasteiger charge is -2.26. The van der Waals surface area contributed by atoms with Crippen LogP contribution in [0.15, 0.2) is 18.2 Å². The summed E-state index contributed by atoms with van der Waals surface area (Å²) < 4.78 is 24.0. The smallest absolute Gasteiger partial charge is 0.145 e. The minimum Gasteiger partial charge on any atom is -0.485 e. The highest BCUT2D eigenvalue weighted by atomic mass is 19.1. The van der Waals surface area contributed by atoms with E-state index in [2.05, 4.69) is 0 Å². The number of ether oxygens (including phenoxy) is 2. The predicted molar refractivity (Wildman–Crippen MR) is 55.7 cm³/mol. The van der Waals surface area contributed by atoms with Crippen molar-refractivity contribution in [3.05, 3.63) is 29.6 Å². The average molecular weight is 210 g/mol. The van der Waals surface area contributed by atoms with E-state index in [0.29, 0.717) is 19.0 Å². The van der Waals surface area contributed by atoms with E-state index >= 15 is 0 Å². The minimum atomic E-state index is -0.192. The van der Waals surface area contributed by atoms with Crippen molar-refractivity contribution >= 4 is 0 Å². The van der Waals surface area contributed by atoms with Gasteiger partial charge in [-0.3, -0.25) is 0 Å². The third-order valence-corrected chi connectivity index (χ3v) is 2.50. The highest BCUT2D eigenvalue weighted by Crippen LogP contribution is 2.24. The molecule has 1 fully saturated rings. The Balaban J connectivity index is 2.10. The van der Waals surface area contributed by atoms with Crippen molar-refractivity contribution in [3.63, 3.8) is 0 Å². The topological polar surface area (TPSA) is 18.5 Å². The van der Waals surface area contributed by atoms with Gasteiger partial charge in [-0.1, -0.05) is 19.9 Å². The lowest BCUT2D eigenvalue weighted by molar-refractivity contribution is -0.0797. The van der Waals surface area contributed by atoms with Crippen LogP contribution in [0.3, 0.4) is 0 Å². The van der Waals surface area contributed by atoms with Crippen LogP contribution in [0, 0.1) is 5.82 Å². The normalized spacial score (nSPS) is 16.5. The molecule has 0 spiro atoms. The van der Waals surface area contributed by atoms with Gasteiger partial charge in [-0.25, -0.2) is 4.39 Å². The molecule has 0 atom stereocenters. The molecule has 82 valence electrons. The molecular weight excluding hydrogens is 195 g/mol. The summed E-state index contributed by atoms with van der Waals surface area (Å²) in [6.45, 7) is 5.15. The summed E-state index contributed by atoms with van der Waals surface area (Å²) >= 11 is 0. The third kappa shape index (κ3) is 2.29. The fraction of sp³-hybridized carbons (Fsp3) is 0.500. The summed E-state index contributed by atoms with van der Waals surface area (Å²) in [5.41, 5.74) is 0.729. The molecule has 0 N–H and O–H groups in total. The van der Waals surface area contributed by atoms with Crippen LogP contribution in [0.25, 0.3) is 0 Å². The fourth-order valence-corrected chi connectivity index (χ4v) is 1.52. The summed E-state index contributed by atoms with van der Waals surface area (Å²) in [5, 5.41) is 0. The molecule has 2 nitrogen and oxygen atoms in total. The van der Waals surface area contributed by atoms with E-state index in [0.717, 1.165) is 5.56 Å². The first-order valence-electron chi connectivity index (χ1n) is 5.20. The third-order valence-electron chi connectivity index (χ3n) is 2.50. The van der Waals surface area contributed by atoms with Gasteiger partial charge >= 0.3 is 0 Å². The van der Waals surface area contributed by atoms with Crippen molar-refractivity contribution in [2.45, 2.75) is 25.9 Å². The predicted octanol–water partition coefficient (Wildman–Crippen LogP) is 2.73. The second-order valence-electron chi connectivity index (χ2n) is 4.12. The molecule has 0 bridgehead atoms. The molecule has 1 aromatic rings. The number of benzene rings is 1. The zero-order valence-electron chi connectivity index (χ0n) is 9.00. The Hall–Kier alpha value is -1.09. The fourth-order valence-electron chi connectivity index (χ4n) is 1.52. The monoisotopic (exact) mass is 210 g/mol. The van der Waals surface area contributed by atoms with E-state index in [4.69, 9.17) is 9.47 Å². The zero-order chi connectivity index (χ0) is 10.8. The zero-order valence-corrected chi connectivity index (χ0v) is 9.00. The molecule has 0 radical (unpaired) electrons. The molecular formula is C12H15FO2. The first-order valence-corrected chi connectivity index (χ1v) is 5.20. The quantitative estimate of drug-likeness (QED) is 0.763. The van der Waals surface area contributed by atoms with Crippen LogP contribution in [-0.4, -0.2) is 19.3 Å². The Kier molecular flexibility index (Phi) is 2.91. The molecule has 1 heterocycles. The Morgan fingerprint density at radius 3 is 2.60 bits per heavy atom. The van der Waals surface area contributed by atoms with Crippen LogP contribution in [0.4, 0.5) is 4.39 Å². The van der Waals surface area contributed by atoms with E-state index in [9.17, 15) is 4.39 Å². The molecule has 0 amide bonds. The Morgan fingerprint density at radius 2 is 2.13 bits per heavy atom. The second kappa shape index (κ2) is 4.19. The van der Waals surface area contributed by atoms with Gasteiger partial charge in [0.05, 0.1) is 13.2 Å². The van der Waals surface area contributed by atoms with Gasteiger partial charge in [-0.15, -0.1) is 0 Å². The summed E-state index contributed by atoms with van der Waals surface area (Å²) in [6, 6.07) is 5.05. The van der Waals surface area contributed by atoms with Crippen LogP contribution >= 0.6 is 0 Å². The lowest BCUT2D eigenvalue weighted by atomic mass is 10.0. The summed E-state index contributed by atoms with van der Waals surface area (Å²) in [7, 11) is 0. The lowest BCUT2D eigenvalue weighted by Crippen LogP contribution is -2.38. The van der Waals surface area contributed by atoms with Gasteiger partial charge < -0.3 is 9.47 Å². The molecule has 1 saturated heterocycles. The standard InChI is InChI=1S/C12H15FO2/c1-8(2)11-4-3-9(5-12(11)13)15-10-6-14-7-10/h3-5,8,10H,6-7H2,1-2H3. The second-order valence-corrected chi connectivity index (χ2v) is 4.12. The summed E-state index contributed by atoms with van der Waals surface area (Å²) in [6.07, 6.45) is 0.0919. The largest absolute Gasteiger partial charge is 0.485 e. The van der Waals surface area contributed by atoms with E-state index in [-0.39, 0.29) is 17.8 Å². The van der Waals surface area contributed by atoms with Crippen molar-refractivity contribution in [1.82, 2.24) is 0 Å². The Bertz CT molecular complexity index is 345. The van der Waals surface area contributed by atoms with Gasteiger partial charge in [-0.2, -0.15) is 0 Å². The Morgan fingerprint density at radius 1 is 1.40 bits per heavy atom. The summed E-state index contributed by atoms with van der Waals surface area (Å²) in [5.74, 6) is 0.596. The number of rotatable bonds is 3. The highest BCUT2D eigenvalue weighted by Gasteiger charge is 2.20. The summed E-state index contributed by atoms with van der Waals surface area (Å²) in [4.78, 5) is 0. The maximum absolute atomic E-state index is 13.6. The van der Waals surface area contributed by atoms with Crippen molar-refractivity contribution < 1.29 is 13.9 Å². The number of halogens is 1. The van der Waals surface area contributed by atoms with Gasteiger partial charge in [0.2, 0.25) is 0 Å².